The first kappa shape index (κ1) is 25.3. The van der Waals surface area contributed by atoms with Crippen molar-refractivity contribution in [2.24, 2.45) is 0 Å². The van der Waals surface area contributed by atoms with Gasteiger partial charge < -0.3 is 9.47 Å². The van der Waals surface area contributed by atoms with Crippen LogP contribution in [0.2, 0.25) is 0 Å². The number of benzene rings is 2. The summed E-state index contributed by atoms with van der Waals surface area (Å²) < 4.78 is 112. The van der Waals surface area contributed by atoms with Gasteiger partial charge in [-0.15, -0.1) is 13.2 Å². The maximum atomic E-state index is 12.9. The smallest absolute Gasteiger partial charge is 0.406 e. The van der Waals surface area contributed by atoms with E-state index in [1.807, 2.05) is 4.90 Å². The Hall–Kier alpha value is -2.35. The first-order valence-corrected chi connectivity index (χ1v) is 11.2. The van der Waals surface area contributed by atoms with E-state index in [1.54, 1.807) is 0 Å². The standard InChI is InChI=1S/C20H20F6N2O4S/c21-19(22,23)15-3-1-14(2-4-15)18(28-9-11-31-12-10-28)13-27-33(29,30)17-7-5-16(6-8-17)32-20(24,25)26/h1-8,18,27H,9-13H2/t18-/m1/s1. The Morgan fingerprint density at radius 3 is 2.03 bits per heavy atom. The molecule has 1 aliphatic heterocycles. The largest absolute Gasteiger partial charge is 0.573 e. The van der Waals surface area contributed by atoms with Gasteiger partial charge in [-0.1, -0.05) is 12.1 Å². The van der Waals surface area contributed by atoms with E-state index < -0.39 is 39.9 Å². The number of ether oxygens (including phenoxy) is 2. The molecule has 2 aromatic rings. The molecule has 33 heavy (non-hydrogen) atoms. The predicted octanol–water partition coefficient (Wildman–Crippen LogP) is 3.96. The molecule has 13 heteroatoms. The average molecular weight is 498 g/mol. The van der Waals surface area contributed by atoms with Crippen molar-refractivity contribution in [2.75, 3.05) is 32.8 Å². The molecular weight excluding hydrogens is 478 g/mol. The Balaban J connectivity index is 1.77. The topological polar surface area (TPSA) is 67.9 Å². The van der Waals surface area contributed by atoms with Crippen molar-refractivity contribution in [3.63, 3.8) is 0 Å². The van der Waals surface area contributed by atoms with Crippen molar-refractivity contribution in [3.05, 3.63) is 59.7 Å². The molecule has 0 unspecified atom stereocenters. The second-order valence-corrected chi connectivity index (χ2v) is 8.92. The fourth-order valence-electron chi connectivity index (χ4n) is 3.33. The molecule has 0 spiro atoms. The van der Waals surface area contributed by atoms with Crippen LogP contribution in [-0.2, 0) is 20.9 Å². The lowest BCUT2D eigenvalue weighted by molar-refractivity contribution is -0.274. The quantitative estimate of drug-likeness (QED) is 0.586. The molecule has 182 valence electrons. The van der Waals surface area contributed by atoms with Crippen LogP contribution in [0.5, 0.6) is 5.75 Å². The van der Waals surface area contributed by atoms with Crippen LogP contribution in [0.4, 0.5) is 26.3 Å². The van der Waals surface area contributed by atoms with Crippen molar-refractivity contribution in [1.82, 2.24) is 9.62 Å². The van der Waals surface area contributed by atoms with Crippen molar-refractivity contribution in [3.8, 4) is 5.75 Å². The SMILES string of the molecule is O=S(=O)(NC[C@H](c1ccc(C(F)(F)F)cc1)N1CCOCC1)c1ccc(OC(F)(F)F)cc1. The third-order valence-electron chi connectivity index (χ3n) is 4.94. The van der Waals surface area contributed by atoms with E-state index in [4.69, 9.17) is 4.74 Å². The fraction of sp³-hybridized carbons (Fsp3) is 0.400. The van der Waals surface area contributed by atoms with Crippen LogP contribution in [0.25, 0.3) is 0 Å². The molecule has 1 atom stereocenters. The Morgan fingerprint density at radius 1 is 0.939 bits per heavy atom. The summed E-state index contributed by atoms with van der Waals surface area (Å²) in [6, 6.07) is 7.53. The first-order valence-electron chi connectivity index (χ1n) is 9.69. The van der Waals surface area contributed by atoms with Gasteiger partial charge >= 0.3 is 12.5 Å². The third-order valence-corrected chi connectivity index (χ3v) is 6.38. The summed E-state index contributed by atoms with van der Waals surface area (Å²) in [5, 5.41) is 0. The molecule has 0 saturated carbocycles. The molecule has 1 N–H and O–H groups in total. The lowest BCUT2D eigenvalue weighted by atomic mass is 10.0. The van der Waals surface area contributed by atoms with Crippen LogP contribution >= 0.6 is 0 Å². The zero-order chi connectivity index (χ0) is 24.3. The van der Waals surface area contributed by atoms with Crippen molar-refractivity contribution in [1.29, 1.82) is 0 Å². The molecule has 3 rings (SSSR count). The number of nitrogens with one attached hydrogen (secondary N) is 1. The van der Waals surface area contributed by atoms with E-state index in [9.17, 15) is 34.8 Å². The van der Waals surface area contributed by atoms with Crippen molar-refractivity contribution >= 4 is 10.0 Å². The Labute approximate surface area is 186 Å². The van der Waals surface area contributed by atoms with Crippen LogP contribution < -0.4 is 9.46 Å². The maximum Gasteiger partial charge on any atom is 0.573 e. The van der Waals surface area contributed by atoms with Gasteiger partial charge in [0.25, 0.3) is 0 Å². The monoisotopic (exact) mass is 498 g/mol. The molecule has 0 aromatic heterocycles. The van der Waals surface area contributed by atoms with Crippen LogP contribution in [-0.4, -0.2) is 52.5 Å². The minimum Gasteiger partial charge on any atom is -0.406 e. The first-order chi connectivity index (χ1) is 15.4. The molecule has 0 radical (unpaired) electrons. The van der Waals surface area contributed by atoms with E-state index in [0.717, 1.165) is 36.4 Å². The highest BCUT2D eigenvalue weighted by Crippen LogP contribution is 2.31. The lowest BCUT2D eigenvalue weighted by Crippen LogP contribution is -2.43. The van der Waals surface area contributed by atoms with Crippen molar-refractivity contribution < 1.29 is 44.2 Å². The summed E-state index contributed by atoms with van der Waals surface area (Å²) in [6.07, 6.45) is -9.41. The predicted molar refractivity (Wildman–Crippen MR) is 105 cm³/mol. The van der Waals surface area contributed by atoms with E-state index in [1.165, 1.54) is 12.1 Å². The number of halogens is 6. The van der Waals surface area contributed by atoms with Gasteiger partial charge in [0.2, 0.25) is 10.0 Å². The van der Waals surface area contributed by atoms with E-state index in [0.29, 0.717) is 31.9 Å². The molecule has 1 aliphatic rings. The molecule has 1 saturated heterocycles. The minimum absolute atomic E-state index is 0.172. The van der Waals surface area contributed by atoms with Crippen LogP contribution in [0.1, 0.15) is 17.2 Å². The second kappa shape index (κ2) is 9.87. The maximum absolute atomic E-state index is 12.9. The highest BCUT2D eigenvalue weighted by atomic mass is 32.2. The van der Waals surface area contributed by atoms with Gasteiger partial charge in [-0.3, -0.25) is 4.90 Å². The number of sulfonamides is 1. The summed E-state index contributed by atoms with van der Waals surface area (Å²) in [7, 11) is -4.12. The number of morpholine rings is 1. The summed E-state index contributed by atoms with van der Waals surface area (Å²) in [5.41, 5.74) is -0.352. The minimum atomic E-state index is -4.91. The summed E-state index contributed by atoms with van der Waals surface area (Å²) >= 11 is 0. The number of hydrogen-bond acceptors (Lipinski definition) is 5. The fourth-order valence-corrected chi connectivity index (χ4v) is 4.37. The molecule has 0 bridgehead atoms. The van der Waals surface area contributed by atoms with Gasteiger partial charge in [-0.05, 0) is 42.0 Å². The molecule has 0 amide bonds. The average Bonchev–Trinajstić information content (AvgIpc) is 2.73. The number of hydrogen-bond donors (Lipinski definition) is 1. The third kappa shape index (κ3) is 7.06. The molecule has 1 fully saturated rings. The highest BCUT2D eigenvalue weighted by molar-refractivity contribution is 7.89. The Morgan fingerprint density at radius 2 is 1.52 bits per heavy atom. The molecular formula is C20H20F6N2O4S. The summed E-state index contributed by atoms with van der Waals surface area (Å²) in [4.78, 5) is 1.60. The van der Waals surface area contributed by atoms with Gasteiger partial charge in [0, 0.05) is 25.7 Å². The van der Waals surface area contributed by atoms with Gasteiger partial charge in [-0.2, -0.15) is 13.2 Å². The van der Waals surface area contributed by atoms with E-state index in [2.05, 4.69) is 9.46 Å². The number of rotatable bonds is 7. The van der Waals surface area contributed by atoms with E-state index >= 15 is 0 Å². The van der Waals surface area contributed by atoms with Gasteiger partial charge in [0.05, 0.1) is 23.7 Å². The van der Waals surface area contributed by atoms with Gasteiger partial charge in [-0.25, -0.2) is 13.1 Å². The normalized spacial score (nSPS) is 17.0. The van der Waals surface area contributed by atoms with Crippen LogP contribution in [0, 0.1) is 0 Å². The number of nitrogens with zero attached hydrogens (tertiary/aromatic N) is 1. The highest BCUT2D eigenvalue weighted by Gasteiger charge is 2.32. The summed E-state index contributed by atoms with van der Waals surface area (Å²) in [6.45, 7) is 1.47. The molecule has 1 heterocycles. The van der Waals surface area contributed by atoms with Crippen LogP contribution in [0.3, 0.4) is 0 Å². The summed E-state index contributed by atoms with van der Waals surface area (Å²) in [5.74, 6) is -0.572. The molecule has 2 aromatic carbocycles. The zero-order valence-electron chi connectivity index (χ0n) is 17.0. The Bertz CT molecular complexity index is 1020. The second-order valence-electron chi connectivity index (χ2n) is 7.16. The molecule has 6 nitrogen and oxygen atoms in total. The zero-order valence-corrected chi connectivity index (χ0v) is 17.8. The van der Waals surface area contributed by atoms with Gasteiger partial charge in [0.1, 0.15) is 5.75 Å². The van der Waals surface area contributed by atoms with E-state index in [-0.39, 0.29) is 11.4 Å². The Kier molecular flexibility index (Phi) is 7.56. The van der Waals surface area contributed by atoms with Crippen molar-refractivity contribution in [2.45, 2.75) is 23.5 Å². The lowest BCUT2D eigenvalue weighted by Gasteiger charge is -2.35. The number of alkyl halides is 6. The van der Waals surface area contributed by atoms with Crippen LogP contribution in [0.15, 0.2) is 53.4 Å². The van der Waals surface area contributed by atoms with Gasteiger partial charge in [0.15, 0.2) is 0 Å². The molecule has 0 aliphatic carbocycles.